The molecular weight excluding hydrogens is 206 g/mol. The Bertz CT molecular complexity index is 302. The minimum atomic E-state index is -0.762. The third-order valence-electron chi connectivity index (χ3n) is 2.89. The quantitative estimate of drug-likeness (QED) is 0.804. The summed E-state index contributed by atoms with van der Waals surface area (Å²) in [5, 5.41) is 2.70. The highest BCUT2D eigenvalue weighted by Crippen LogP contribution is 2.40. The van der Waals surface area contributed by atoms with Gasteiger partial charge in [0.2, 0.25) is 0 Å². The van der Waals surface area contributed by atoms with E-state index in [2.05, 4.69) is 5.32 Å². The summed E-state index contributed by atoms with van der Waals surface area (Å²) in [6.07, 6.45) is 1.47. The Balaban J connectivity index is 2.63. The Morgan fingerprint density at radius 2 is 1.69 bits per heavy atom. The van der Waals surface area contributed by atoms with Crippen LogP contribution in [-0.4, -0.2) is 23.0 Å². The van der Waals surface area contributed by atoms with Crippen LogP contribution in [0.25, 0.3) is 0 Å². The highest BCUT2D eigenvalue weighted by molar-refractivity contribution is 5.90. The second-order valence-corrected chi connectivity index (χ2v) is 5.66. The molecule has 0 bridgehead atoms. The van der Waals surface area contributed by atoms with Crippen molar-refractivity contribution in [2.45, 2.75) is 58.6 Å². The summed E-state index contributed by atoms with van der Waals surface area (Å²) in [7, 11) is 0. The van der Waals surface area contributed by atoms with Crippen molar-refractivity contribution in [3.8, 4) is 0 Å². The number of carbonyl (C=O) groups excluding carboxylic acids is 2. The van der Waals surface area contributed by atoms with Crippen molar-refractivity contribution < 1.29 is 14.3 Å². The number of amides is 1. The summed E-state index contributed by atoms with van der Waals surface area (Å²) >= 11 is 0. The van der Waals surface area contributed by atoms with Crippen LogP contribution in [0.4, 0.5) is 4.79 Å². The smallest absolute Gasteiger partial charge is 0.408 e. The molecule has 4 heteroatoms. The minimum Gasteiger partial charge on any atom is -0.444 e. The molecule has 92 valence electrons. The normalized spacial score (nSPS) is 19.8. The van der Waals surface area contributed by atoms with E-state index >= 15 is 0 Å². The van der Waals surface area contributed by atoms with Crippen LogP contribution >= 0.6 is 0 Å². The number of alkyl carbamates (subject to hydrolysis) is 1. The number of ketones is 1. The van der Waals surface area contributed by atoms with E-state index in [1.165, 1.54) is 6.92 Å². The summed E-state index contributed by atoms with van der Waals surface area (Å²) in [4.78, 5) is 23.2. The van der Waals surface area contributed by atoms with E-state index in [0.717, 1.165) is 12.8 Å². The van der Waals surface area contributed by atoms with E-state index in [1.807, 2.05) is 0 Å². The summed E-state index contributed by atoms with van der Waals surface area (Å²) in [6.45, 7) is 8.69. The predicted molar refractivity (Wildman–Crippen MR) is 61.2 cm³/mol. The molecule has 0 heterocycles. The molecule has 1 fully saturated rings. The maximum atomic E-state index is 11.6. The lowest BCUT2D eigenvalue weighted by molar-refractivity contribution is -0.123. The van der Waals surface area contributed by atoms with E-state index in [1.54, 1.807) is 27.7 Å². The van der Waals surface area contributed by atoms with Gasteiger partial charge in [-0.2, -0.15) is 0 Å². The topological polar surface area (TPSA) is 55.4 Å². The van der Waals surface area contributed by atoms with Crippen molar-refractivity contribution in [1.29, 1.82) is 0 Å². The van der Waals surface area contributed by atoms with Crippen LogP contribution in [-0.2, 0) is 9.53 Å². The lowest BCUT2D eigenvalue weighted by Gasteiger charge is -2.29. The molecule has 1 amide bonds. The third-order valence-corrected chi connectivity index (χ3v) is 2.89. The molecule has 1 aliphatic carbocycles. The van der Waals surface area contributed by atoms with Gasteiger partial charge in [0.1, 0.15) is 11.1 Å². The molecule has 1 N–H and O–H groups in total. The number of hydrogen-bond acceptors (Lipinski definition) is 3. The fourth-order valence-corrected chi connectivity index (χ4v) is 1.65. The van der Waals surface area contributed by atoms with E-state index in [4.69, 9.17) is 4.74 Å². The lowest BCUT2D eigenvalue weighted by atomic mass is 9.91. The maximum absolute atomic E-state index is 11.6. The average Bonchev–Trinajstić information content (AvgIpc) is 2.80. The highest BCUT2D eigenvalue weighted by atomic mass is 16.6. The standard InChI is InChI=1S/C12H21NO3/c1-8(14)12(5,9-6-7-9)13-10(15)16-11(2,3)4/h9H,6-7H2,1-5H3,(H,13,15). The molecule has 1 aliphatic rings. The molecule has 0 aromatic carbocycles. The molecule has 1 atom stereocenters. The van der Waals surface area contributed by atoms with Crippen molar-refractivity contribution in [2.75, 3.05) is 0 Å². The second kappa shape index (κ2) is 4.07. The molecule has 0 aromatic heterocycles. The van der Waals surface area contributed by atoms with Gasteiger partial charge in [0.05, 0.1) is 0 Å². The van der Waals surface area contributed by atoms with Gasteiger partial charge in [0, 0.05) is 0 Å². The van der Waals surface area contributed by atoms with Crippen LogP contribution in [0.1, 0.15) is 47.5 Å². The second-order valence-electron chi connectivity index (χ2n) is 5.66. The maximum Gasteiger partial charge on any atom is 0.408 e. The van der Waals surface area contributed by atoms with Gasteiger partial charge >= 0.3 is 6.09 Å². The third kappa shape index (κ3) is 3.22. The molecule has 16 heavy (non-hydrogen) atoms. The Morgan fingerprint density at radius 1 is 1.19 bits per heavy atom. The average molecular weight is 227 g/mol. The Kier molecular flexibility index (Phi) is 3.31. The zero-order valence-electron chi connectivity index (χ0n) is 10.7. The highest BCUT2D eigenvalue weighted by Gasteiger charge is 2.46. The van der Waals surface area contributed by atoms with Crippen LogP contribution in [0.5, 0.6) is 0 Å². The van der Waals surface area contributed by atoms with E-state index in [0.29, 0.717) is 0 Å². The van der Waals surface area contributed by atoms with Gasteiger partial charge in [-0.3, -0.25) is 4.79 Å². The molecule has 1 unspecified atom stereocenters. The molecule has 0 aromatic rings. The van der Waals surface area contributed by atoms with Crippen LogP contribution in [0.3, 0.4) is 0 Å². The molecule has 1 saturated carbocycles. The number of hydrogen-bond donors (Lipinski definition) is 1. The Hall–Kier alpha value is -1.06. The monoisotopic (exact) mass is 227 g/mol. The van der Waals surface area contributed by atoms with Crippen molar-refractivity contribution >= 4 is 11.9 Å². The summed E-state index contributed by atoms with van der Waals surface area (Å²) in [5.74, 6) is 0.248. The van der Waals surface area contributed by atoms with Gasteiger partial charge in [-0.25, -0.2) is 4.79 Å². The van der Waals surface area contributed by atoms with Crippen molar-refractivity contribution in [2.24, 2.45) is 5.92 Å². The van der Waals surface area contributed by atoms with E-state index in [-0.39, 0.29) is 11.7 Å². The summed E-state index contributed by atoms with van der Waals surface area (Å²) in [5.41, 5.74) is -1.30. The molecule has 4 nitrogen and oxygen atoms in total. The first kappa shape index (κ1) is 13.0. The first-order chi connectivity index (χ1) is 7.15. The summed E-state index contributed by atoms with van der Waals surface area (Å²) < 4.78 is 5.16. The van der Waals surface area contributed by atoms with Gasteiger partial charge in [-0.15, -0.1) is 0 Å². The van der Waals surface area contributed by atoms with Crippen LogP contribution in [0.2, 0.25) is 0 Å². The van der Waals surface area contributed by atoms with Crippen LogP contribution < -0.4 is 5.32 Å². The van der Waals surface area contributed by atoms with Gasteiger partial charge in [0.15, 0.2) is 5.78 Å². The molecule has 0 radical (unpaired) electrons. The first-order valence-electron chi connectivity index (χ1n) is 5.67. The van der Waals surface area contributed by atoms with Crippen molar-refractivity contribution in [1.82, 2.24) is 5.32 Å². The molecule has 0 spiro atoms. The largest absolute Gasteiger partial charge is 0.444 e. The van der Waals surface area contributed by atoms with Gasteiger partial charge in [-0.1, -0.05) is 0 Å². The zero-order valence-corrected chi connectivity index (χ0v) is 10.7. The number of Topliss-reactive ketones (excluding diaryl/α,β-unsaturated/α-hetero) is 1. The number of rotatable bonds is 3. The van der Waals surface area contributed by atoms with Gasteiger partial charge in [-0.05, 0) is 53.4 Å². The fourth-order valence-electron chi connectivity index (χ4n) is 1.65. The lowest BCUT2D eigenvalue weighted by Crippen LogP contribution is -2.54. The molecule has 0 saturated heterocycles. The molecule has 0 aliphatic heterocycles. The number of carbonyl (C=O) groups is 2. The van der Waals surface area contributed by atoms with E-state index < -0.39 is 17.2 Å². The molecular formula is C12H21NO3. The van der Waals surface area contributed by atoms with Crippen LogP contribution in [0, 0.1) is 5.92 Å². The molecule has 1 rings (SSSR count). The number of ether oxygens (including phenoxy) is 1. The predicted octanol–water partition coefficient (Wildman–Crippen LogP) is 2.27. The Labute approximate surface area is 96.7 Å². The van der Waals surface area contributed by atoms with Crippen molar-refractivity contribution in [3.63, 3.8) is 0 Å². The van der Waals surface area contributed by atoms with Gasteiger partial charge in [0.25, 0.3) is 0 Å². The SMILES string of the molecule is CC(=O)C(C)(NC(=O)OC(C)(C)C)C1CC1. The minimum absolute atomic E-state index is 0.0131. The summed E-state index contributed by atoms with van der Waals surface area (Å²) in [6, 6.07) is 0. The first-order valence-corrected chi connectivity index (χ1v) is 5.67. The van der Waals surface area contributed by atoms with Crippen molar-refractivity contribution in [3.05, 3.63) is 0 Å². The van der Waals surface area contributed by atoms with Gasteiger partial charge < -0.3 is 10.1 Å². The number of nitrogens with one attached hydrogen (secondary N) is 1. The fraction of sp³-hybridized carbons (Fsp3) is 0.833. The van der Waals surface area contributed by atoms with Crippen LogP contribution in [0.15, 0.2) is 0 Å². The zero-order chi connectivity index (χ0) is 12.6. The van der Waals surface area contributed by atoms with E-state index in [9.17, 15) is 9.59 Å². The Morgan fingerprint density at radius 3 is 2.00 bits per heavy atom.